The predicted octanol–water partition coefficient (Wildman–Crippen LogP) is 8.21. The van der Waals surface area contributed by atoms with Crippen molar-refractivity contribution < 1.29 is 18.9 Å². The van der Waals surface area contributed by atoms with Crippen LogP contribution in [0, 0.1) is 13.8 Å². The lowest BCUT2D eigenvalue weighted by molar-refractivity contribution is -0.144. The summed E-state index contributed by atoms with van der Waals surface area (Å²) in [5.74, 6) is -1.54. The van der Waals surface area contributed by atoms with Crippen molar-refractivity contribution in [3.05, 3.63) is 70.8 Å². The minimum Gasteiger partial charge on any atom is -0.465 e. The molecule has 4 nitrogen and oxygen atoms in total. The average Bonchev–Trinajstić information content (AvgIpc) is 2.84. The Morgan fingerprint density at radius 3 is 1.76 bits per heavy atom. The maximum absolute atomic E-state index is 13.4. The largest absolute Gasteiger partial charge is 0.465 e. The van der Waals surface area contributed by atoms with E-state index >= 15 is 0 Å². The molecule has 2 aromatic rings. The normalized spacial score (nSPS) is 11.3. The van der Waals surface area contributed by atoms with E-state index in [1.54, 1.807) is 9.12 Å². The molecule has 2 rings (SSSR count). The maximum Gasteiger partial charge on any atom is 0.321 e. The fourth-order valence-corrected chi connectivity index (χ4v) is 4.23. The molecule has 0 aliphatic rings. The number of aryl methyl sites for hydroxylation is 2. The minimum atomic E-state index is -0.917. The zero-order valence-corrected chi connectivity index (χ0v) is 22.1. The van der Waals surface area contributed by atoms with Gasteiger partial charge in [0.1, 0.15) is 15.0 Å². The van der Waals surface area contributed by atoms with Crippen LogP contribution in [0.2, 0.25) is 0 Å². The fourth-order valence-electron chi connectivity index (χ4n) is 4.23. The molecule has 1 unspecified atom stereocenters. The molecule has 0 heterocycles. The first-order valence-corrected chi connectivity index (χ1v) is 13.0. The Bertz CT molecular complexity index is 830. The van der Waals surface area contributed by atoms with Crippen molar-refractivity contribution >= 4 is 20.9 Å². The molecule has 0 aromatic heterocycles. The summed E-state index contributed by atoms with van der Waals surface area (Å²) in [5, 5.41) is 0. The lowest BCUT2D eigenvalue weighted by Crippen LogP contribution is -2.26. The van der Waals surface area contributed by atoms with Gasteiger partial charge in [0.2, 0.25) is 0 Å². The quantitative estimate of drug-likeness (QED) is 0.0840. The lowest BCUT2D eigenvalue weighted by atomic mass is 9.87. The molecule has 186 valence electrons. The van der Waals surface area contributed by atoms with E-state index in [9.17, 15) is 9.59 Å². The predicted molar refractivity (Wildman–Crippen MR) is 141 cm³/mol. The SMILES string of the molecule is CCCCCCCCCCCCOC(=O)C(C(=O)c1c(C)cccc1C)c1ccccc1.O=P. The van der Waals surface area contributed by atoms with Gasteiger partial charge in [0, 0.05) is 5.56 Å². The molecule has 0 bridgehead atoms. The van der Waals surface area contributed by atoms with Crippen LogP contribution in [0.1, 0.15) is 104 Å². The highest BCUT2D eigenvalue weighted by atomic mass is 31.0. The van der Waals surface area contributed by atoms with Crippen molar-refractivity contribution in [1.82, 2.24) is 0 Å². The smallest absolute Gasteiger partial charge is 0.321 e. The number of benzene rings is 2. The van der Waals surface area contributed by atoms with Gasteiger partial charge in [-0.1, -0.05) is 113 Å². The lowest BCUT2D eigenvalue weighted by Gasteiger charge is -2.18. The Hall–Kier alpha value is -2.32. The molecular formula is C29H41O4P. The molecule has 2 aromatic carbocycles. The Morgan fingerprint density at radius 2 is 1.24 bits per heavy atom. The van der Waals surface area contributed by atoms with E-state index in [1.165, 1.54) is 51.4 Å². The van der Waals surface area contributed by atoms with Gasteiger partial charge < -0.3 is 4.74 Å². The zero-order chi connectivity index (χ0) is 25.2. The number of ketones is 1. The molecule has 5 heteroatoms. The molecule has 34 heavy (non-hydrogen) atoms. The molecule has 0 aliphatic heterocycles. The van der Waals surface area contributed by atoms with Crippen LogP contribution in [-0.4, -0.2) is 18.4 Å². The van der Waals surface area contributed by atoms with Gasteiger partial charge in [-0.05, 0) is 37.0 Å². The van der Waals surface area contributed by atoms with Crippen LogP contribution in [0.15, 0.2) is 48.5 Å². The molecule has 0 N–H and O–H groups in total. The van der Waals surface area contributed by atoms with Gasteiger partial charge in [-0.25, -0.2) is 0 Å². The highest BCUT2D eigenvalue weighted by molar-refractivity contribution is 7.00. The maximum atomic E-state index is 13.4. The summed E-state index contributed by atoms with van der Waals surface area (Å²) in [5.41, 5.74) is 3.09. The van der Waals surface area contributed by atoms with Crippen LogP contribution in [0.4, 0.5) is 0 Å². The second kappa shape index (κ2) is 18.1. The molecule has 0 aliphatic carbocycles. The third-order valence-corrected chi connectivity index (χ3v) is 6.10. The minimum absolute atomic E-state index is 0.181. The van der Waals surface area contributed by atoms with Crippen LogP contribution in [-0.2, 0) is 14.1 Å². The van der Waals surface area contributed by atoms with Crippen molar-refractivity contribution in [3.63, 3.8) is 0 Å². The first-order chi connectivity index (χ1) is 16.6. The van der Waals surface area contributed by atoms with Gasteiger partial charge in [-0.2, -0.15) is 0 Å². The van der Waals surface area contributed by atoms with Gasteiger partial charge in [0.25, 0.3) is 0 Å². The molecule has 0 saturated carbocycles. The first kappa shape index (κ1) is 29.7. The summed E-state index contributed by atoms with van der Waals surface area (Å²) in [6, 6.07) is 15.0. The average molecular weight is 485 g/mol. The van der Waals surface area contributed by atoms with Crippen molar-refractivity contribution in [2.45, 2.75) is 90.9 Å². The molecule has 0 fully saturated rings. The second-order valence-corrected chi connectivity index (χ2v) is 8.82. The summed E-state index contributed by atoms with van der Waals surface area (Å²) in [4.78, 5) is 26.4. The number of carbonyl (C=O) groups is 2. The van der Waals surface area contributed by atoms with Gasteiger partial charge in [-0.3, -0.25) is 14.2 Å². The Morgan fingerprint density at radius 1 is 0.735 bits per heavy atom. The van der Waals surface area contributed by atoms with Crippen LogP contribution in [0.3, 0.4) is 0 Å². The second-order valence-electron chi connectivity index (χ2n) is 8.82. The van der Waals surface area contributed by atoms with E-state index in [2.05, 4.69) is 6.92 Å². The summed E-state index contributed by atoms with van der Waals surface area (Å²) in [6.07, 6.45) is 12.3. The standard InChI is InChI=1S/C29H40O3.HOP/c1-4-5-6-7-8-9-10-11-12-16-22-32-29(31)27(25-20-14-13-15-21-25)28(30)26-23(2)18-17-19-24(26)3;1-2/h13-15,17-21,27H,4-12,16,22H2,1-3H3;2H. The number of Topliss-reactive ketones (excluding diaryl/α,β-unsaturated/α-hetero) is 1. The van der Waals surface area contributed by atoms with Crippen molar-refractivity contribution in [2.24, 2.45) is 0 Å². The highest BCUT2D eigenvalue weighted by Crippen LogP contribution is 2.26. The van der Waals surface area contributed by atoms with Crippen molar-refractivity contribution in [1.29, 1.82) is 0 Å². The number of ether oxygens (including phenoxy) is 1. The zero-order valence-electron chi connectivity index (χ0n) is 21.1. The molecule has 0 saturated heterocycles. The monoisotopic (exact) mass is 484 g/mol. The van der Waals surface area contributed by atoms with E-state index in [1.807, 2.05) is 62.4 Å². The molecular weight excluding hydrogens is 443 g/mol. The molecule has 0 radical (unpaired) electrons. The van der Waals surface area contributed by atoms with Gasteiger partial charge >= 0.3 is 5.97 Å². The van der Waals surface area contributed by atoms with Gasteiger partial charge in [0.15, 0.2) is 5.78 Å². The van der Waals surface area contributed by atoms with Crippen LogP contribution in [0.5, 0.6) is 0 Å². The molecule has 0 amide bonds. The number of hydrogen-bond donors (Lipinski definition) is 0. The van der Waals surface area contributed by atoms with Gasteiger partial charge in [0.05, 0.1) is 6.61 Å². The topological polar surface area (TPSA) is 60.4 Å². The number of esters is 1. The molecule has 0 spiro atoms. The fraction of sp³-hybridized carbons (Fsp3) is 0.517. The van der Waals surface area contributed by atoms with Crippen molar-refractivity contribution in [3.8, 4) is 0 Å². The highest BCUT2D eigenvalue weighted by Gasteiger charge is 2.32. The number of rotatable bonds is 15. The summed E-state index contributed by atoms with van der Waals surface area (Å²) >= 11 is 0. The number of unbranched alkanes of at least 4 members (excludes halogenated alkanes) is 9. The number of carbonyl (C=O) groups excluding carboxylic acids is 2. The third kappa shape index (κ3) is 10.3. The third-order valence-electron chi connectivity index (χ3n) is 6.10. The first-order valence-electron chi connectivity index (χ1n) is 12.6. The molecule has 1 atom stereocenters. The summed E-state index contributed by atoms with van der Waals surface area (Å²) in [6.45, 7) is 6.45. The van der Waals surface area contributed by atoms with E-state index in [0.717, 1.165) is 24.0 Å². The van der Waals surface area contributed by atoms with Crippen LogP contribution in [0.25, 0.3) is 0 Å². The van der Waals surface area contributed by atoms with Crippen LogP contribution >= 0.6 is 9.12 Å². The van der Waals surface area contributed by atoms with E-state index in [0.29, 0.717) is 17.7 Å². The van der Waals surface area contributed by atoms with E-state index in [4.69, 9.17) is 9.30 Å². The van der Waals surface area contributed by atoms with E-state index in [-0.39, 0.29) is 5.78 Å². The summed E-state index contributed by atoms with van der Waals surface area (Å²) in [7, 11) is 1.72. The van der Waals surface area contributed by atoms with Crippen LogP contribution < -0.4 is 0 Å². The van der Waals surface area contributed by atoms with Crippen molar-refractivity contribution in [2.75, 3.05) is 6.61 Å². The van der Waals surface area contributed by atoms with E-state index < -0.39 is 11.9 Å². The Kier molecular flexibility index (Phi) is 15.8. The number of hydrogen-bond acceptors (Lipinski definition) is 4. The Labute approximate surface area is 208 Å². The van der Waals surface area contributed by atoms with Gasteiger partial charge in [-0.15, -0.1) is 0 Å². The summed E-state index contributed by atoms with van der Waals surface area (Å²) < 4.78 is 13.6. The Balaban J connectivity index is 0.00000281.